The van der Waals surface area contributed by atoms with Crippen molar-refractivity contribution in [2.24, 2.45) is 4.99 Å². The predicted octanol–water partition coefficient (Wildman–Crippen LogP) is 0.911. The number of hydrogen-bond donors (Lipinski definition) is 3. The molecule has 0 saturated carbocycles. The molecule has 8 heteroatoms. The molecule has 0 aromatic heterocycles. The van der Waals surface area contributed by atoms with Crippen LogP contribution in [0.2, 0.25) is 0 Å². The maximum Gasteiger partial charge on any atom is 0.241 e. The Morgan fingerprint density at radius 1 is 1.28 bits per heavy atom. The smallest absolute Gasteiger partial charge is 0.241 e. The number of carbonyl (C=O) groups is 1. The molecule has 1 aromatic rings. The van der Waals surface area contributed by atoms with E-state index in [0.29, 0.717) is 32.2 Å². The zero-order chi connectivity index (χ0) is 18.5. The number of nitrogens with one attached hydrogen (secondary N) is 3. The highest BCUT2D eigenvalue weighted by atomic mass is 19.1. The van der Waals surface area contributed by atoms with E-state index in [1.807, 2.05) is 13.8 Å². The van der Waals surface area contributed by atoms with Gasteiger partial charge in [0.1, 0.15) is 12.6 Å². The molecule has 0 aliphatic carbocycles. The van der Waals surface area contributed by atoms with Crippen LogP contribution in [0.15, 0.2) is 29.3 Å². The fraction of sp³-hybridized carbons (Fsp3) is 0.529. The Labute approximate surface area is 148 Å². The van der Waals surface area contributed by atoms with Crippen molar-refractivity contribution in [3.8, 4) is 5.75 Å². The van der Waals surface area contributed by atoms with Crippen LogP contribution < -0.4 is 20.7 Å². The van der Waals surface area contributed by atoms with Crippen molar-refractivity contribution < 1.29 is 18.7 Å². The number of halogens is 1. The van der Waals surface area contributed by atoms with Gasteiger partial charge in [-0.15, -0.1) is 0 Å². The number of rotatable bonds is 10. The van der Waals surface area contributed by atoms with Gasteiger partial charge >= 0.3 is 0 Å². The van der Waals surface area contributed by atoms with Gasteiger partial charge in [-0.1, -0.05) is 12.1 Å². The Bertz CT molecular complexity index is 554. The number of aliphatic imine (C=N–C) groups is 1. The van der Waals surface area contributed by atoms with Gasteiger partial charge in [-0.2, -0.15) is 0 Å². The van der Waals surface area contributed by atoms with Crippen LogP contribution in [0.5, 0.6) is 5.75 Å². The second-order valence-corrected chi connectivity index (χ2v) is 5.28. The molecule has 1 aromatic carbocycles. The van der Waals surface area contributed by atoms with Gasteiger partial charge in [-0.05, 0) is 26.0 Å². The van der Waals surface area contributed by atoms with Crippen LogP contribution in [-0.2, 0) is 9.53 Å². The van der Waals surface area contributed by atoms with Crippen molar-refractivity contribution in [1.82, 2.24) is 16.0 Å². The molecule has 0 radical (unpaired) electrons. The summed E-state index contributed by atoms with van der Waals surface area (Å²) in [6.45, 7) is 5.71. The molecule has 1 unspecified atom stereocenters. The molecule has 1 atom stereocenters. The summed E-state index contributed by atoms with van der Waals surface area (Å²) < 4.78 is 24.0. The zero-order valence-electron chi connectivity index (χ0n) is 15.0. The fourth-order valence-electron chi connectivity index (χ4n) is 1.88. The van der Waals surface area contributed by atoms with Crippen LogP contribution in [0.3, 0.4) is 0 Å². The van der Waals surface area contributed by atoms with Crippen molar-refractivity contribution in [2.75, 3.05) is 39.9 Å². The third-order valence-corrected chi connectivity index (χ3v) is 3.08. The Morgan fingerprint density at radius 3 is 2.72 bits per heavy atom. The molecule has 0 aliphatic heterocycles. The molecule has 0 fully saturated rings. The minimum absolute atomic E-state index is 0.00159. The van der Waals surface area contributed by atoms with Crippen molar-refractivity contribution in [1.29, 1.82) is 0 Å². The molecular formula is C17H27FN4O3. The molecule has 3 N–H and O–H groups in total. The minimum atomic E-state index is -0.400. The predicted molar refractivity (Wildman–Crippen MR) is 95.4 cm³/mol. The van der Waals surface area contributed by atoms with E-state index in [1.54, 1.807) is 25.3 Å². The number of guanidine groups is 1. The number of hydrogen-bond acceptors (Lipinski definition) is 4. The highest BCUT2D eigenvalue weighted by molar-refractivity contribution is 5.84. The van der Waals surface area contributed by atoms with E-state index in [2.05, 4.69) is 20.9 Å². The Hall–Kier alpha value is -2.35. The van der Waals surface area contributed by atoms with Crippen LogP contribution in [-0.4, -0.2) is 57.9 Å². The first-order chi connectivity index (χ1) is 12.1. The molecule has 0 saturated heterocycles. The van der Waals surface area contributed by atoms with Crippen LogP contribution >= 0.6 is 0 Å². The van der Waals surface area contributed by atoms with Gasteiger partial charge in [-0.3, -0.25) is 4.79 Å². The summed E-state index contributed by atoms with van der Waals surface area (Å²) in [7, 11) is 1.57. The SMILES string of the molecule is CCNC(=NCC(=O)NCCOC)NCC(C)Oc1ccccc1F. The molecule has 140 valence electrons. The van der Waals surface area contributed by atoms with E-state index in [1.165, 1.54) is 6.07 Å². The number of methoxy groups -OCH3 is 1. The van der Waals surface area contributed by atoms with E-state index >= 15 is 0 Å². The third kappa shape index (κ3) is 8.90. The summed E-state index contributed by atoms with van der Waals surface area (Å²) in [4.78, 5) is 15.8. The second kappa shape index (κ2) is 12.1. The monoisotopic (exact) mass is 354 g/mol. The molecule has 7 nitrogen and oxygen atoms in total. The van der Waals surface area contributed by atoms with Crippen molar-refractivity contribution in [3.05, 3.63) is 30.1 Å². The normalized spacial score (nSPS) is 12.4. The number of para-hydroxylation sites is 1. The lowest BCUT2D eigenvalue weighted by molar-refractivity contribution is -0.119. The summed E-state index contributed by atoms with van der Waals surface area (Å²) in [5, 5.41) is 8.80. The van der Waals surface area contributed by atoms with Crippen LogP contribution in [0, 0.1) is 5.82 Å². The van der Waals surface area contributed by atoms with Gasteiger partial charge in [0, 0.05) is 20.2 Å². The minimum Gasteiger partial charge on any atom is -0.486 e. The molecule has 25 heavy (non-hydrogen) atoms. The quantitative estimate of drug-likeness (QED) is 0.330. The number of amides is 1. The van der Waals surface area contributed by atoms with Gasteiger partial charge in [0.15, 0.2) is 17.5 Å². The standard InChI is InChI=1S/C17H27FN4O3/c1-4-19-17(22-12-16(23)20-9-10-24-3)21-11-13(2)25-15-8-6-5-7-14(15)18/h5-8,13H,4,9-12H2,1-3H3,(H,20,23)(H2,19,21,22). The molecule has 0 heterocycles. The average molecular weight is 354 g/mol. The summed E-state index contributed by atoms with van der Waals surface area (Å²) in [6.07, 6.45) is -0.281. The van der Waals surface area contributed by atoms with Crippen LogP contribution in [0.1, 0.15) is 13.8 Å². The molecule has 0 spiro atoms. The Balaban J connectivity index is 2.44. The second-order valence-electron chi connectivity index (χ2n) is 5.28. The molecule has 1 amide bonds. The molecule has 0 aliphatic rings. The molecule has 1 rings (SSSR count). The third-order valence-electron chi connectivity index (χ3n) is 3.08. The summed E-state index contributed by atoms with van der Waals surface area (Å²) in [5.74, 6) is 0.109. The van der Waals surface area contributed by atoms with Gasteiger partial charge < -0.3 is 25.4 Å². The summed E-state index contributed by atoms with van der Waals surface area (Å²) >= 11 is 0. The highest BCUT2D eigenvalue weighted by Crippen LogP contribution is 2.16. The number of benzene rings is 1. The summed E-state index contributed by atoms with van der Waals surface area (Å²) in [5.41, 5.74) is 0. The van der Waals surface area contributed by atoms with Gasteiger partial charge in [0.05, 0.1) is 13.2 Å². The van der Waals surface area contributed by atoms with E-state index in [9.17, 15) is 9.18 Å². The van der Waals surface area contributed by atoms with Crippen LogP contribution in [0.25, 0.3) is 0 Å². The first-order valence-electron chi connectivity index (χ1n) is 8.25. The lowest BCUT2D eigenvalue weighted by Gasteiger charge is -2.18. The van der Waals surface area contributed by atoms with E-state index in [4.69, 9.17) is 9.47 Å². The number of nitrogens with zero attached hydrogens (tertiary/aromatic N) is 1. The average Bonchev–Trinajstić information content (AvgIpc) is 2.59. The molecule has 0 bridgehead atoms. The number of carbonyl (C=O) groups excluding carboxylic acids is 1. The van der Waals surface area contributed by atoms with Crippen molar-refractivity contribution in [3.63, 3.8) is 0 Å². The van der Waals surface area contributed by atoms with Crippen LogP contribution in [0.4, 0.5) is 4.39 Å². The van der Waals surface area contributed by atoms with E-state index in [-0.39, 0.29) is 24.3 Å². The maximum absolute atomic E-state index is 13.6. The Morgan fingerprint density at radius 2 is 2.04 bits per heavy atom. The lowest BCUT2D eigenvalue weighted by Crippen LogP contribution is -2.42. The first-order valence-corrected chi connectivity index (χ1v) is 8.25. The van der Waals surface area contributed by atoms with Gasteiger partial charge in [0.25, 0.3) is 0 Å². The lowest BCUT2D eigenvalue weighted by atomic mass is 10.3. The first kappa shape index (κ1) is 20.7. The van der Waals surface area contributed by atoms with Crippen molar-refractivity contribution >= 4 is 11.9 Å². The summed E-state index contributed by atoms with van der Waals surface area (Å²) in [6, 6.07) is 6.25. The van der Waals surface area contributed by atoms with Gasteiger partial charge in [-0.25, -0.2) is 9.38 Å². The zero-order valence-corrected chi connectivity index (χ0v) is 15.0. The van der Waals surface area contributed by atoms with Gasteiger partial charge in [0.2, 0.25) is 5.91 Å². The fourth-order valence-corrected chi connectivity index (χ4v) is 1.88. The molecular weight excluding hydrogens is 327 g/mol. The number of ether oxygens (including phenoxy) is 2. The Kier molecular flexibility index (Phi) is 10.00. The van der Waals surface area contributed by atoms with Crippen molar-refractivity contribution in [2.45, 2.75) is 20.0 Å². The maximum atomic E-state index is 13.6. The topological polar surface area (TPSA) is 84.0 Å². The largest absolute Gasteiger partial charge is 0.486 e. The van der Waals surface area contributed by atoms with E-state index < -0.39 is 5.82 Å². The van der Waals surface area contributed by atoms with E-state index in [0.717, 1.165) is 0 Å². The highest BCUT2D eigenvalue weighted by Gasteiger charge is 2.09.